The van der Waals surface area contributed by atoms with Crippen molar-refractivity contribution in [3.63, 3.8) is 0 Å². The molecule has 0 spiro atoms. The molecule has 4 heteroatoms. The van der Waals surface area contributed by atoms with E-state index in [-0.39, 0.29) is 5.75 Å². The second-order valence-electron chi connectivity index (χ2n) is 4.71. The molecule has 0 amide bonds. The van der Waals surface area contributed by atoms with Crippen molar-refractivity contribution in [1.29, 1.82) is 0 Å². The Morgan fingerprint density at radius 1 is 0.810 bits per heavy atom. The number of hydrogen-bond acceptors (Lipinski definition) is 3. The zero-order chi connectivity index (χ0) is 14.7. The van der Waals surface area contributed by atoms with Crippen molar-refractivity contribution in [2.45, 2.75) is 9.96 Å². The molecule has 0 aliphatic heterocycles. The van der Waals surface area contributed by atoms with Crippen molar-refractivity contribution in [2.75, 3.05) is 0 Å². The summed E-state index contributed by atoms with van der Waals surface area (Å²) in [6.07, 6.45) is 0. The van der Waals surface area contributed by atoms with Gasteiger partial charge in [0.05, 0.1) is 5.75 Å². The summed E-state index contributed by atoms with van der Waals surface area (Å²) < 4.78 is 25.3. The molecular weight excluding hydrogens is 300 g/mol. The number of rotatable bonds is 4. The van der Waals surface area contributed by atoms with Crippen LogP contribution in [0.2, 0.25) is 0 Å². The van der Waals surface area contributed by atoms with Crippen LogP contribution in [0, 0.1) is 0 Å². The molecule has 0 radical (unpaired) electrons. The maximum absolute atomic E-state index is 12.5. The van der Waals surface area contributed by atoms with Crippen LogP contribution < -0.4 is 0 Å². The first-order valence-electron chi connectivity index (χ1n) is 6.56. The summed E-state index contributed by atoms with van der Waals surface area (Å²) in [7, 11) is -3.28. The lowest BCUT2D eigenvalue weighted by Crippen LogP contribution is -2.04. The third-order valence-corrected chi connectivity index (χ3v) is 6.40. The van der Waals surface area contributed by atoms with Crippen molar-refractivity contribution in [2.24, 2.45) is 0 Å². The molecule has 106 valence electrons. The third kappa shape index (κ3) is 3.06. The average molecular weight is 314 g/mol. The zero-order valence-electron chi connectivity index (χ0n) is 11.3. The van der Waals surface area contributed by atoms with Crippen LogP contribution in [0.15, 0.2) is 76.3 Å². The summed E-state index contributed by atoms with van der Waals surface area (Å²) >= 11 is 1.26. The van der Waals surface area contributed by atoms with E-state index in [0.29, 0.717) is 4.21 Å². The lowest BCUT2D eigenvalue weighted by Gasteiger charge is -2.09. The highest BCUT2D eigenvalue weighted by Gasteiger charge is 2.18. The maximum atomic E-state index is 12.5. The van der Waals surface area contributed by atoms with E-state index in [4.69, 9.17) is 0 Å². The molecule has 0 N–H and O–H groups in total. The van der Waals surface area contributed by atoms with E-state index in [2.05, 4.69) is 0 Å². The van der Waals surface area contributed by atoms with Crippen LogP contribution in [0.5, 0.6) is 0 Å². The highest BCUT2D eigenvalue weighted by atomic mass is 32.2. The van der Waals surface area contributed by atoms with E-state index >= 15 is 0 Å². The van der Waals surface area contributed by atoms with Crippen molar-refractivity contribution in [1.82, 2.24) is 0 Å². The third-order valence-electron chi connectivity index (χ3n) is 3.25. The molecule has 0 aliphatic carbocycles. The number of benzene rings is 2. The number of thiophene rings is 1. The van der Waals surface area contributed by atoms with Crippen LogP contribution in [0.1, 0.15) is 5.56 Å². The van der Waals surface area contributed by atoms with Gasteiger partial charge in [-0.2, -0.15) is 0 Å². The van der Waals surface area contributed by atoms with Crippen LogP contribution in [-0.2, 0) is 15.6 Å². The van der Waals surface area contributed by atoms with Gasteiger partial charge in [-0.3, -0.25) is 0 Å². The van der Waals surface area contributed by atoms with Gasteiger partial charge in [-0.25, -0.2) is 8.42 Å². The summed E-state index contributed by atoms with van der Waals surface area (Å²) in [5.41, 5.74) is 2.84. The Balaban J connectivity index is 2.01. The molecule has 0 unspecified atom stereocenters. The summed E-state index contributed by atoms with van der Waals surface area (Å²) in [4.78, 5) is 0. The molecule has 3 aromatic rings. The van der Waals surface area contributed by atoms with Gasteiger partial charge in [-0.15, -0.1) is 11.3 Å². The average Bonchev–Trinajstić information content (AvgIpc) is 3.03. The fourth-order valence-electron chi connectivity index (χ4n) is 2.26. The van der Waals surface area contributed by atoms with E-state index in [9.17, 15) is 8.42 Å². The maximum Gasteiger partial charge on any atom is 0.191 e. The Morgan fingerprint density at radius 2 is 1.52 bits per heavy atom. The number of sulfone groups is 1. The molecule has 0 bridgehead atoms. The SMILES string of the molecule is O=S(=O)(Cc1ccccc1-c1ccccc1)c1cccs1. The first-order valence-corrected chi connectivity index (χ1v) is 9.09. The summed E-state index contributed by atoms with van der Waals surface area (Å²) in [6.45, 7) is 0. The Morgan fingerprint density at radius 3 is 2.24 bits per heavy atom. The molecule has 3 rings (SSSR count). The Kier molecular flexibility index (Phi) is 3.90. The van der Waals surface area contributed by atoms with Crippen LogP contribution in [0.25, 0.3) is 11.1 Å². The van der Waals surface area contributed by atoms with Crippen LogP contribution in [0.4, 0.5) is 0 Å². The minimum atomic E-state index is -3.28. The monoisotopic (exact) mass is 314 g/mol. The fraction of sp³-hybridized carbons (Fsp3) is 0.0588. The Hall–Kier alpha value is -1.91. The van der Waals surface area contributed by atoms with E-state index < -0.39 is 9.84 Å². The molecular formula is C17H14O2S2. The van der Waals surface area contributed by atoms with Gasteiger partial charge in [-0.1, -0.05) is 60.7 Å². The Bertz CT molecular complexity index is 820. The standard InChI is InChI=1S/C17H14O2S2/c18-21(19,17-11-6-12-20-17)13-15-9-4-5-10-16(15)14-7-2-1-3-8-14/h1-12H,13H2. The lowest BCUT2D eigenvalue weighted by atomic mass is 10.0. The van der Waals surface area contributed by atoms with Crippen molar-refractivity contribution in [3.8, 4) is 11.1 Å². The van der Waals surface area contributed by atoms with Gasteiger partial charge in [0.25, 0.3) is 0 Å². The van der Waals surface area contributed by atoms with Gasteiger partial charge in [0.15, 0.2) is 9.84 Å². The summed E-state index contributed by atoms with van der Waals surface area (Å²) in [5, 5.41) is 1.79. The zero-order valence-corrected chi connectivity index (χ0v) is 12.9. The Labute approximate surface area is 128 Å². The first-order chi connectivity index (χ1) is 10.2. The van der Waals surface area contributed by atoms with E-state index in [1.165, 1.54) is 11.3 Å². The van der Waals surface area contributed by atoms with Gasteiger partial charge in [0, 0.05) is 0 Å². The lowest BCUT2D eigenvalue weighted by molar-refractivity contribution is 0.597. The van der Waals surface area contributed by atoms with Gasteiger partial charge in [0.2, 0.25) is 0 Å². The van der Waals surface area contributed by atoms with Crippen molar-refractivity contribution >= 4 is 21.2 Å². The predicted molar refractivity (Wildman–Crippen MR) is 87.1 cm³/mol. The largest absolute Gasteiger partial charge is 0.223 e. The normalized spacial score (nSPS) is 11.4. The minimum Gasteiger partial charge on any atom is -0.223 e. The molecule has 0 atom stereocenters. The van der Waals surface area contributed by atoms with Gasteiger partial charge in [-0.05, 0) is 28.1 Å². The minimum absolute atomic E-state index is 0.0264. The second kappa shape index (κ2) is 5.84. The molecule has 21 heavy (non-hydrogen) atoms. The first kappa shape index (κ1) is 14.0. The molecule has 1 heterocycles. The second-order valence-corrected chi connectivity index (χ2v) is 7.88. The smallest absolute Gasteiger partial charge is 0.191 e. The van der Waals surface area contributed by atoms with E-state index in [1.807, 2.05) is 54.6 Å². The molecule has 2 aromatic carbocycles. The van der Waals surface area contributed by atoms with E-state index in [0.717, 1.165) is 16.7 Å². The molecule has 1 aromatic heterocycles. The fourth-order valence-corrected chi connectivity index (χ4v) is 4.73. The van der Waals surface area contributed by atoms with Crippen LogP contribution >= 0.6 is 11.3 Å². The van der Waals surface area contributed by atoms with Crippen LogP contribution in [-0.4, -0.2) is 8.42 Å². The van der Waals surface area contributed by atoms with Gasteiger partial charge >= 0.3 is 0 Å². The summed E-state index contributed by atoms with van der Waals surface area (Å²) in [6, 6.07) is 20.9. The highest BCUT2D eigenvalue weighted by molar-refractivity contribution is 7.92. The van der Waals surface area contributed by atoms with Crippen molar-refractivity contribution < 1.29 is 8.42 Å². The predicted octanol–water partition coefficient (Wildman–Crippen LogP) is 4.39. The number of hydrogen-bond donors (Lipinski definition) is 0. The molecule has 0 fully saturated rings. The quantitative estimate of drug-likeness (QED) is 0.716. The molecule has 0 saturated carbocycles. The molecule has 0 aliphatic rings. The van der Waals surface area contributed by atoms with Crippen molar-refractivity contribution in [3.05, 3.63) is 77.7 Å². The summed E-state index contributed by atoms with van der Waals surface area (Å²) in [5.74, 6) is 0.0264. The molecule has 2 nitrogen and oxygen atoms in total. The van der Waals surface area contributed by atoms with Gasteiger partial charge < -0.3 is 0 Å². The van der Waals surface area contributed by atoms with Crippen LogP contribution in [0.3, 0.4) is 0 Å². The van der Waals surface area contributed by atoms with E-state index in [1.54, 1.807) is 17.5 Å². The molecule has 0 saturated heterocycles. The van der Waals surface area contributed by atoms with Gasteiger partial charge in [0.1, 0.15) is 4.21 Å². The highest BCUT2D eigenvalue weighted by Crippen LogP contribution is 2.28. The topological polar surface area (TPSA) is 34.1 Å².